The van der Waals surface area contributed by atoms with Gasteiger partial charge in [-0.3, -0.25) is 9.59 Å². The molecule has 0 spiro atoms. The summed E-state index contributed by atoms with van der Waals surface area (Å²) in [5.41, 5.74) is 4.12. The molecule has 0 fully saturated rings. The predicted molar refractivity (Wildman–Crippen MR) is 85.7 cm³/mol. The number of benzene rings is 2. The van der Waals surface area contributed by atoms with Crippen molar-refractivity contribution < 1.29 is 14.7 Å². The molecule has 2 N–H and O–H groups in total. The molecular formula is C18H18N2O3. The Hall–Kier alpha value is -2.50. The summed E-state index contributed by atoms with van der Waals surface area (Å²) in [6.45, 7) is 3.65. The minimum absolute atomic E-state index is 0.0432. The minimum atomic E-state index is -1.21. The number of carbonyl (C=O) groups is 2. The van der Waals surface area contributed by atoms with Crippen LogP contribution in [0.1, 0.15) is 38.8 Å². The van der Waals surface area contributed by atoms with E-state index in [0.717, 1.165) is 10.6 Å². The van der Waals surface area contributed by atoms with E-state index in [2.05, 4.69) is 5.43 Å². The molecule has 1 unspecified atom stereocenters. The van der Waals surface area contributed by atoms with Gasteiger partial charge in [-0.25, -0.2) is 10.4 Å². The van der Waals surface area contributed by atoms with Crippen LogP contribution in [0.3, 0.4) is 0 Å². The van der Waals surface area contributed by atoms with Crippen molar-refractivity contribution in [3.8, 4) is 0 Å². The molecule has 1 atom stereocenters. The maximum atomic E-state index is 12.3. The van der Waals surface area contributed by atoms with E-state index in [1.54, 1.807) is 31.2 Å². The molecule has 0 aromatic heterocycles. The lowest BCUT2D eigenvalue weighted by molar-refractivity contribution is 0.0272. The zero-order valence-corrected chi connectivity index (χ0v) is 13.0. The monoisotopic (exact) mass is 310 g/mol. The summed E-state index contributed by atoms with van der Waals surface area (Å²) in [4.78, 5) is 24.5. The van der Waals surface area contributed by atoms with E-state index in [1.165, 1.54) is 0 Å². The van der Waals surface area contributed by atoms with Gasteiger partial charge in [0.15, 0.2) is 0 Å². The number of imide groups is 1. The van der Waals surface area contributed by atoms with Gasteiger partial charge >= 0.3 is 0 Å². The van der Waals surface area contributed by atoms with Crippen molar-refractivity contribution in [3.63, 3.8) is 0 Å². The van der Waals surface area contributed by atoms with Crippen LogP contribution in [0.15, 0.2) is 48.5 Å². The van der Waals surface area contributed by atoms with Gasteiger partial charge in [0.25, 0.3) is 11.8 Å². The van der Waals surface area contributed by atoms with Gasteiger partial charge < -0.3 is 5.11 Å². The molecule has 1 heterocycles. The lowest BCUT2D eigenvalue weighted by atomic mass is 9.95. The van der Waals surface area contributed by atoms with E-state index in [9.17, 15) is 14.7 Å². The van der Waals surface area contributed by atoms with Crippen molar-refractivity contribution in [2.24, 2.45) is 0 Å². The number of aryl methyl sites for hydroxylation is 1. The van der Waals surface area contributed by atoms with Gasteiger partial charge in [0.2, 0.25) is 0 Å². The maximum Gasteiger partial charge on any atom is 0.276 e. The summed E-state index contributed by atoms with van der Waals surface area (Å²) in [6.07, 6.45) is 0. The van der Waals surface area contributed by atoms with E-state index in [0.29, 0.717) is 16.7 Å². The highest BCUT2D eigenvalue weighted by Crippen LogP contribution is 2.23. The molecule has 0 bridgehead atoms. The van der Waals surface area contributed by atoms with Crippen molar-refractivity contribution in [1.82, 2.24) is 10.4 Å². The molecule has 0 aliphatic carbocycles. The second-order valence-corrected chi connectivity index (χ2v) is 5.97. The van der Waals surface area contributed by atoms with E-state index in [4.69, 9.17) is 0 Å². The lowest BCUT2D eigenvalue weighted by Gasteiger charge is -2.27. The van der Waals surface area contributed by atoms with Crippen LogP contribution in [0.4, 0.5) is 0 Å². The first-order chi connectivity index (χ1) is 10.9. The maximum absolute atomic E-state index is 12.3. The number of nitrogens with one attached hydrogen (secondary N) is 1. The van der Waals surface area contributed by atoms with Gasteiger partial charge in [-0.1, -0.05) is 42.0 Å². The number of nitrogens with zero attached hydrogens (tertiary/aromatic N) is 1. The molecule has 0 radical (unpaired) electrons. The topological polar surface area (TPSA) is 69.6 Å². The molecule has 23 heavy (non-hydrogen) atoms. The molecule has 3 rings (SSSR count). The van der Waals surface area contributed by atoms with Crippen LogP contribution in [-0.2, 0) is 5.60 Å². The van der Waals surface area contributed by atoms with Gasteiger partial charge in [-0.05, 0) is 31.5 Å². The summed E-state index contributed by atoms with van der Waals surface area (Å²) in [6, 6.07) is 14.2. The predicted octanol–water partition coefficient (Wildman–Crippen LogP) is 2.00. The van der Waals surface area contributed by atoms with Crippen molar-refractivity contribution in [1.29, 1.82) is 0 Å². The molecule has 1 aliphatic rings. The Kier molecular flexibility index (Phi) is 3.75. The van der Waals surface area contributed by atoms with Gasteiger partial charge in [-0.15, -0.1) is 0 Å². The quantitative estimate of drug-likeness (QED) is 0.848. The number of aliphatic hydroxyl groups is 1. The molecule has 2 aromatic rings. The highest BCUT2D eigenvalue weighted by molar-refractivity contribution is 6.20. The number of hydrogen-bond acceptors (Lipinski definition) is 4. The fourth-order valence-corrected chi connectivity index (χ4v) is 2.58. The van der Waals surface area contributed by atoms with Crippen LogP contribution in [0, 0.1) is 6.92 Å². The fourth-order valence-electron chi connectivity index (χ4n) is 2.58. The first kappa shape index (κ1) is 15.4. The smallest absolute Gasteiger partial charge is 0.276 e. The number of amides is 2. The van der Waals surface area contributed by atoms with E-state index >= 15 is 0 Å². The molecule has 118 valence electrons. The van der Waals surface area contributed by atoms with Crippen molar-refractivity contribution in [2.45, 2.75) is 19.4 Å². The van der Waals surface area contributed by atoms with Crippen LogP contribution in [0.2, 0.25) is 0 Å². The summed E-state index contributed by atoms with van der Waals surface area (Å²) in [5, 5.41) is 11.6. The third kappa shape index (κ3) is 2.76. The largest absolute Gasteiger partial charge is 0.384 e. The minimum Gasteiger partial charge on any atom is -0.384 e. The Balaban J connectivity index is 1.75. The molecule has 0 saturated heterocycles. The highest BCUT2D eigenvalue weighted by atomic mass is 16.3. The normalized spacial score (nSPS) is 16.4. The SMILES string of the molecule is Cc1ccc(C(C)(O)CNN2C(=O)c3ccccc3C2=O)cc1. The van der Waals surface area contributed by atoms with Crippen LogP contribution < -0.4 is 5.43 Å². The standard InChI is InChI=1S/C18H18N2O3/c1-12-7-9-13(10-8-12)18(2,23)11-19-20-16(21)14-5-3-4-6-15(14)17(20)22/h3-10,19,23H,11H2,1-2H3. The molecule has 5 heteroatoms. The second kappa shape index (κ2) is 5.61. The van der Waals surface area contributed by atoms with Crippen molar-refractivity contribution in [2.75, 3.05) is 6.54 Å². The number of rotatable bonds is 4. The molecule has 2 aromatic carbocycles. The highest BCUT2D eigenvalue weighted by Gasteiger charge is 2.36. The Morgan fingerprint density at radius 2 is 1.52 bits per heavy atom. The van der Waals surface area contributed by atoms with E-state index < -0.39 is 17.4 Å². The summed E-state index contributed by atoms with van der Waals surface area (Å²) in [5.74, 6) is -0.796. The lowest BCUT2D eigenvalue weighted by Crippen LogP contribution is -2.48. The zero-order chi connectivity index (χ0) is 16.6. The fraction of sp³-hybridized carbons (Fsp3) is 0.222. The van der Waals surface area contributed by atoms with Gasteiger partial charge in [0.05, 0.1) is 11.1 Å². The molecule has 1 aliphatic heterocycles. The van der Waals surface area contributed by atoms with Crippen LogP contribution in [-0.4, -0.2) is 28.5 Å². The van der Waals surface area contributed by atoms with E-state index in [-0.39, 0.29) is 6.54 Å². The molecule has 5 nitrogen and oxygen atoms in total. The summed E-state index contributed by atoms with van der Waals surface area (Å²) < 4.78 is 0. The Labute approximate surface area is 134 Å². The van der Waals surface area contributed by atoms with Crippen molar-refractivity contribution in [3.05, 3.63) is 70.8 Å². The summed E-state index contributed by atoms with van der Waals surface area (Å²) in [7, 11) is 0. The Bertz CT molecular complexity index is 731. The average Bonchev–Trinajstić information content (AvgIpc) is 2.78. The van der Waals surface area contributed by atoms with Gasteiger partial charge in [0.1, 0.15) is 5.60 Å². The van der Waals surface area contributed by atoms with Crippen LogP contribution in [0.25, 0.3) is 0 Å². The third-order valence-electron chi connectivity index (χ3n) is 4.05. The second-order valence-electron chi connectivity index (χ2n) is 5.97. The third-order valence-corrected chi connectivity index (χ3v) is 4.05. The van der Waals surface area contributed by atoms with Crippen LogP contribution >= 0.6 is 0 Å². The first-order valence-corrected chi connectivity index (χ1v) is 7.41. The number of fused-ring (bicyclic) bond motifs is 1. The first-order valence-electron chi connectivity index (χ1n) is 7.41. The van der Waals surface area contributed by atoms with E-state index in [1.807, 2.05) is 31.2 Å². The van der Waals surface area contributed by atoms with Crippen molar-refractivity contribution >= 4 is 11.8 Å². The molecular weight excluding hydrogens is 292 g/mol. The number of carbonyl (C=O) groups excluding carboxylic acids is 2. The molecule has 2 amide bonds. The Morgan fingerprint density at radius 3 is 2.04 bits per heavy atom. The number of hydrogen-bond donors (Lipinski definition) is 2. The van der Waals surface area contributed by atoms with Crippen LogP contribution in [0.5, 0.6) is 0 Å². The molecule has 0 saturated carbocycles. The Morgan fingerprint density at radius 1 is 1.00 bits per heavy atom. The number of hydrazine groups is 1. The van der Waals surface area contributed by atoms with Gasteiger partial charge in [0, 0.05) is 6.54 Å². The average molecular weight is 310 g/mol. The summed E-state index contributed by atoms with van der Waals surface area (Å²) >= 11 is 0. The van der Waals surface area contributed by atoms with Gasteiger partial charge in [-0.2, -0.15) is 0 Å². The zero-order valence-electron chi connectivity index (χ0n) is 13.0.